The fourth-order valence-electron chi connectivity index (χ4n) is 3.81. The molecule has 0 bridgehead atoms. The van der Waals surface area contributed by atoms with Crippen LogP contribution in [-0.4, -0.2) is 58.6 Å². The molecule has 1 amide bonds. The van der Waals surface area contributed by atoms with E-state index in [4.69, 9.17) is 0 Å². The number of alkyl halides is 3. The number of carbonyl (C=O) groups is 1. The lowest BCUT2D eigenvalue weighted by Gasteiger charge is -2.34. The minimum Gasteiger partial charge on any atom is -0.504 e. The Bertz CT molecular complexity index is 995. The van der Waals surface area contributed by atoms with Crippen LogP contribution in [0.4, 0.5) is 18.9 Å². The number of piperazine rings is 1. The SMILES string of the molecule is CC(C)(C)c1cc(O)c(O)c(CN2CCN(CC(=O)Nc3ccccc3C(F)(F)F)CC2)c1. The van der Waals surface area contributed by atoms with E-state index in [-0.39, 0.29) is 29.1 Å². The third-order valence-corrected chi connectivity index (χ3v) is 5.77. The number of halogens is 3. The van der Waals surface area contributed by atoms with E-state index >= 15 is 0 Å². The Labute approximate surface area is 191 Å². The van der Waals surface area contributed by atoms with Gasteiger partial charge in [-0.1, -0.05) is 39.0 Å². The third-order valence-electron chi connectivity index (χ3n) is 5.77. The standard InChI is InChI=1S/C24H30F3N3O3/c1-23(2,3)17-12-16(22(33)20(31)13-17)14-29-8-10-30(11-9-29)15-21(32)28-19-7-5-4-6-18(19)24(25,26)27/h4-7,12-13,31,33H,8-11,14-15H2,1-3H3,(H,28,32). The number of carbonyl (C=O) groups excluding carboxylic acids is 1. The average Bonchev–Trinajstić information content (AvgIpc) is 2.71. The Morgan fingerprint density at radius 1 is 1.00 bits per heavy atom. The third kappa shape index (κ3) is 6.39. The molecule has 9 heteroatoms. The second-order valence-corrected chi connectivity index (χ2v) is 9.40. The lowest BCUT2D eigenvalue weighted by Crippen LogP contribution is -2.48. The van der Waals surface area contributed by atoms with Crippen molar-refractivity contribution < 1.29 is 28.2 Å². The van der Waals surface area contributed by atoms with E-state index in [0.29, 0.717) is 38.3 Å². The Kier molecular flexibility index (Phi) is 7.23. The fourth-order valence-corrected chi connectivity index (χ4v) is 3.81. The molecule has 1 aliphatic heterocycles. The molecule has 0 aromatic heterocycles. The van der Waals surface area contributed by atoms with Crippen molar-refractivity contribution in [3.63, 3.8) is 0 Å². The summed E-state index contributed by atoms with van der Waals surface area (Å²) in [6.45, 7) is 8.87. The van der Waals surface area contributed by atoms with Gasteiger partial charge < -0.3 is 15.5 Å². The first-order valence-electron chi connectivity index (χ1n) is 10.8. The molecule has 1 fully saturated rings. The zero-order valence-corrected chi connectivity index (χ0v) is 19.0. The highest BCUT2D eigenvalue weighted by Gasteiger charge is 2.33. The number of rotatable bonds is 5. The maximum absolute atomic E-state index is 13.1. The van der Waals surface area contributed by atoms with Crippen LogP contribution in [0.25, 0.3) is 0 Å². The maximum atomic E-state index is 13.1. The van der Waals surface area contributed by atoms with E-state index in [2.05, 4.69) is 10.2 Å². The van der Waals surface area contributed by atoms with E-state index in [9.17, 15) is 28.2 Å². The smallest absolute Gasteiger partial charge is 0.418 e. The first-order chi connectivity index (χ1) is 15.3. The fraction of sp³-hybridized carbons (Fsp3) is 0.458. The molecule has 2 aromatic carbocycles. The molecule has 2 aromatic rings. The van der Waals surface area contributed by atoms with Gasteiger partial charge in [0.15, 0.2) is 11.5 Å². The summed E-state index contributed by atoms with van der Waals surface area (Å²) in [5.74, 6) is -0.777. The van der Waals surface area contributed by atoms with Crippen molar-refractivity contribution in [2.45, 2.75) is 38.9 Å². The number of phenolic OH excluding ortho intramolecular Hbond substituents is 2. The second-order valence-electron chi connectivity index (χ2n) is 9.40. The normalized spacial score (nSPS) is 16.1. The highest BCUT2D eigenvalue weighted by molar-refractivity contribution is 5.93. The first-order valence-corrected chi connectivity index (χ1v) is 10.8. The number of anilines is 1. The van der Waals surface area contributed by atoms with Gasteiger partial charge >= 0.3 is 6.18 Å². The Morgan fingerprint density at radius 2 is 1.61 bits per heavy atom. The molecule has 1 saturated heterocycles. The predicted octanol–water partition coefficient (Wildman–Crippen LogP) is 4.17. The molecule has 3 rings (SSSR count). The van der Waals surface area contributed by atoms with Gasteiger partial charge in [0, 0.05) is 38.3 Å². The molecule has 0 aliphatic carbocycles. The Hall–Kier alpha value is -2.78. The summed E-state index contributed by atoms with van der Waals surface area (Å²) in [6.07, 6.45) is -4.54. The number of amides is 1. The van der Waals surface area contributed by atoms with Crippen LogP contribution in [0, 0.1) is 0 Å². The molecule has 1 heterocycles. The molecular weight excluding hydrogens is 435 g/mol. The van der Waals surface area contributed by atoms with Crippen molar-refractivity contribution in [3.8, 4) is 11.5 Å². The molecule has 6 nitrogen and oxygen atoms in total. The minimum atomic E-state index is -4.54. The molecule has 0 radical (unpaired) electrons. The van der Waals surface area contributed by atoms with E-state index in [0.717, 1.165) is 11.6 Å². The minimum absolute atomic E-state index is 0.00835. The summed E-state index contributed by atoms with van der Waals surface area (Å²) in [6, 6.07) is 8.39. The van der Waals surface area contributed by atoms with E-state index < -0.39 is 17.6 Å². The number of nitrogens with zero attached hydrogens (tertiary/aromatic N) is 2. The zero-order chi connectivity index (χ0) is 24.4. The van der Waals surface area contributed by atoms with Gasteiger partial charge in [0.2, 0.25) is 5.91 Å². The highest BCUT2D eigenvalue weighted by Crippen LogP contribution is 2.36. The van der Waals surface area contributed by atoms with Crippen molar-refractivity contribution in [3.05, 3.63) is 53.1 Å². The van der Waals surface area contributed by atoms with Crippen molar-refractivity contribution in [1.29, 1.82) is 0 Å². The summed E-state index contributed by atoms with van der Waals surface area (Å²) >= 11 is 0. The van der Waals surface area contributed by atoms with Gasteiger partial charge in [-0.2, -0.15) is 13.2 Å². The summed E-state index contributed by atoms with van der Waals surface area (Å²) in [5, 5.41) is 22.8. The van der Waals surface area contributed by atoms with Gasteiger partial charge in [0.1, 0.15) is 0 Å². The van der Waals surface area contributed by atoms with Crippen LogP contribution in [0.2, 0.25) is 0 Å². The molecule has 0 atom stereocenters. The molecule has 1 aliphatic rings. The molecule has 0 unspecified atom stereocenters. The maximum Gasteiger partial charge on any atom is 0.418 e. The molecular formula is C24H30F3N3O3. The monoisotopic (exact) mass is 465 g/mol. The lowest BCUT2D eigenvalue weighted by molar-refractivity contribution is -0.137. The molecule has 3 N–H and O–H groups in total. The topological polar surface area (TPSA) is 76.0 Å². The second kappa shape index (κ2) is 9.61. The molecule has 0 spiro atoms. The van der Waals surface area contributed by atoms with Gasteiger partial charge in [-0.25, -0.2) is 0 Å². The van der Waals surface area contributed by atoms with E-state index in [1.807, 2.05) is 31.7 Å². The van der Waals surface area contributed by atoms with Crippen LogP contribution < -0.4 is 5.32 Å². The molecule has 0 saturated carbocycles. The average molecular weight is 466 g/mol. The van der Waals surface area contributed by atoms with Crippen LogP contribution in [-0.2, 0) is 22.9 Å². The van der Waals surface area contributed by atoms with E-state index in [1.54, 1.807) is 6.07 Å². The number of phenols is 2. The Balaban J connectivity index is 1.56. The summed E-state index contributed by atoms with van der Waals surface area (Å²) in [4.78, 5) is 16.3. The van der Waals surface area contributed by atoms with Crippen molar-refractivity contribution in [2.24, 2.45) is 0 Å². The summed E-state index contributed by atoms with van der Waals surface area (Å²) in [5.41, 5.74) is 0.250. The lowest BCUT2D eigenvalue weighted by atomic mass is 9.85. The number of nitrogens with one attached hydrogen (secondary N) is 1. The molecule has 33 heavy (non-hydrogen) atoms. The number of para-hydroxylation sites is 1. The number of aromatic hydroxyl groups is 2. The van der Waals surface area contributed by atoms with Crippen LogP contribution in [0.5, 0.6) is 11.5 Å². The molecule has 180 valence electrons. The van der Waals surface area contributed by atoms with Gasteiger partial charge in [-0.3, -0.25) is 14.6 Å². The summed E-state index contributed by atoms with van der Waals surface area (Å²) < 4.78 is 39.4. The zero-order valence-electron chi connectivity index (χ0n) is 19.0. The number of hydrogen-bond donors (Lipinski definition) is 3. The first kappa shape index (κ1) is 24.9. The van der Waals surface area contributed by atoms with Gasteiger partial charge in [0.05, 0.1) is 17.8 Å². The van der Waals surface area contributed by atoms with Crippen LogP contribution in [0.3, 0.4) is 0 Å². The Morgan fingerprint density at radius 3 is 2.21 bits per heavy atom. The van der Waals surface area contributed by atoms with Crippen LogP contribution >= 0.6 is 0 Å². The van der Waals surface area contributed by atoms with Crippen LogP contribution in [0.15, 0.2) is 36.4 Å². The van der Waals surface area contributed by atoms with Gasteiger partial charge in [0.25, 0.3) is 0 Å². The number of hydrogen-bond acceptors (Lipinski definition) is 5. The van der Waals surface area contributed by atoms with Crippen molar-refractivity contribution in [1.82, 2.24) is 9.80 Å². The quantitative estimate of drug-likeness (QED) is 0.578. The van der Waals surface area contributed by atoms with Gasteiger partial charge in [-0.05, 0) is 29.2 Å². The van der Waals surface area contributed by atoms with Crippen LogP contribution in [0.1, 0.15) is 37.5 Å². The van der Waals surface area contributed by atoms with Crippen molar-refractivity contribution in [2.75, 3.05) is 38.0 Å². The summed E-state index contributed by atoms with van der Waals surface area (Å²) in [7, 11) is 0. The largest absolute Gasteiger partial charge is 0.504 e. The predicted molar refractivity (Wildman–Crippen MR) is 120 cm³/mol. The van der Waals surface area contributed by atoms with Gasteiger partial charge in [-0.15, -0.1) is 0 Å². The van der Waals surface area contributed by atoms with E-state index in [1.165, 1.54) is 18.2 Å². The van der Waals surface area contributed by atoms with Crippen molar-refractivity contribution >= 4 is 11.6 Å². The number of benzene rings is 2. The highest BCUT2D eigenvalue weighted by atomic mass is 19.4.